The fraction of sp³-hybridized carbons (Fsp3) is 0.556. The highest BCUT2D eigenvalue weighted by Crippen LogP contribution is 2.39. The summed E-state index contributed by atoms with van der Waals surface area (Å²) in [4.78, 5) is 0. The molecule has 0 aromatic rings. The van der Waals surface area contributed by atoms with Crippen LogP contribution in [0, 0.1) is 5.92 Å². The first-order chi connectivity index (χ1) is 6.29. The molecule has 72 valence electrons. The Labute approximate surface area is 105 Å². The Kier molecular flexibility index (Phi) is 3.66. The maximum atomic E-state index is 5.59. The molecular weight excluding hydrogens is 394 g/mol. The SMILES string of the molecule is IC1=CC=C(I)C1C1OCCCO1. The van der Waals surface area contributed by atoms with E-state index in [1.807, 2.05) is 0 Å². The number of hydrogen-bond acceptors (Lipinski definition) is 2. The van der Waals surface area contributed by atoms with E-state index in [0.717, 1.165) is 19.6 Å². The molecule has 1 saturated heterocycles. The van der Waals surface area contributed by atoms with Crippen LogP contribution in [0.4, 0.5) is 0 Å². The highest BCUT2D eigenvalue weighted by atomic mass is 127. The second kappa shape index (κ2) is 4.59. The number of rotatable bonds is 1. The minimum absolute atomic E-state index is 0.0532. The van der Waals surface area contributed by atoms with Gasteiger partial charge >= 0.3 is 0 Å². The maximum absolute atomic E-state index is 5.59. The second-order valence-corrected chi connectivity index (χ2v) is 5.54. The Morgan fingerprint density at radius 2 is 1.62 bits per heavy atom. The van der Waals surface area contributed by atoms with E-state index in [-0.39, 0.29) is 6.29 Å². The van der Waals surface area contributed by atoms with Crippen molar-refractivity contribution >= 4 is 45.2 Å². The van der Waals surface area contributed by atoms with Gasteiger partial charge in [-0.1, -0.05) is 12.2 Å². The third-order valence-electron chi connectivity index (χ3n) is 2.12. The molecule has 1 aliphatic carbocycles. The molecule has 2 aliphatic rings. The summed E-state index contributed by atoms with van der Waals surface area (Å²) in [6, 6.07) is 0. The van der Waals surface area contributed by atoms with Gasteiger partial charge in [-0.05, 0) is 51.6 Å². The average Bonchev–Trinajstić information content (AvgIpc) is 2.48. The van der Waals surface area contributed by atoms with E-state index in [4.69, 9.17) is 9.47 Å². The molecule has 0 radical (unpaired) electrons. The van der Waals surface area contributed by atoms with Crippen LogP contribution in [-0.4, -0.2) is 19.5 Å². The molecule has 0 aromatic heterocycles. The van der Waals surface area contributed by atoms with E-state index in [1.54, 1.807) is 0 Å². The normalized spacial score (nSPS) is 26.0. The zero-order chi connectivity index (χ0) is 9.26. The highest BCUT2D eigenvalue weighted by Gasteiger charge is 2.31. The fourth-order valence-corrected chi connectivity index (χ4v) is 3.67. The average molecular weight is 404 g/mol. The van der Waals surface area contributed by atoms with Gasteiger partial charge in [0.2, 0.25) is 0 Å². The Morgan fingerprint density at radius 1 is 1.08 bits per heavy atom. The van der Waals surface area contributed by atoms with Crippen LogP contribution in [-0.2, 0) is 9.47 Å². The standard InChI is InChI=1S/C9H10I2O2/c10-6-2-3-7(11)8(6)9-12-4-1-5-13-9/h2-3,8-9H,1,4-5H2. The smallest absolute Gasteiger partial charge is 0.169 e. The van der Waals surface area contributed by atoms with Crippen molar-refractivity contribution in [2.24, 2.45) is 5.92 Å². The molecular formula is C9H10I2O2. The van der Waals surface area contributed by atoms with Gasteiger partial charge in [-0.25, -0.2) is 0 Å². The maximum Gasteiger partial charge on any atom is 0.169 e. The van der Waals surface area contributed by atoms with Gasteiger partial charge < -0.3 is 9.47 Å². The van der Waals surface area contributed by atoms with Crippen LogP contribution in [0.25, 0.3) is 0 Å². The lowest BCUT2D eigenvalue weighted by atomic mass is 10.1. The summed E-state index contributed by atoms with van der Waals surface area (Å²) < 4.78 is 13.8. The monoisotopic (exact) mass is 404 g/mol. The summed E-state index contributed by atoms with van der Waals surface area (Å²) in [5.41, 5.74) is 0. The third-order valence-corrected chi connectivity index (χ3v) is 4.18. The zero-order valence-electron chi connectivity index (χ0n) is 7.00. The van der Waals surface area contributed by atoms with Crippen molar-refractivity contribution in [2.45, 2.75) is 12.7 Å². The second-order valence-electron chi connectivity index (χ2n) is 3.04. The van der Waals surface area contributed by atoms with Gasteiger partial charge in [0.15, 0.2) is 6.29 Å². The van der Waals surface area contributed by atoms with Crippen LogP contribution in [0.15, 0.2) is 19.3 Å². The van der Waals surface area contributed by atoms with E-state index >= 15 is 0 Å². The van der Waals surface area contributed by atoms with Crippen molar-refractivity contribution in [3.8, 4) is 0 Å². The van der Waals surface area contributed by atoms with Crippen molar-refractivity contribution in [2.75, 3.05) is 13.2 Å². The van der Waals surface area contributed by atoms with Gasteiger partial charge in [-0.2, -0.15) is 0 Å². The van der Waals surface area contributed by atoms with Gasteiger partial charge in [-0.15, -0.1) is 0 Å². The molecule has 4 heteroatoms. The Morgan fingerprint density at radius 3 is 2.15 bits per heavy atom. The van der Waals surface area contributed by atoms with E-state index in [1.165, 1.54) is 7.16 Å². The number of ether oxygens (including phenoxy) is 2. The summed E-state index contributed by atoms with van der Waals surface area (Å²) in [5, 5.41) is 0. The van der Waals surface area contributed by atoms with Gasteiger partial charge in [0, 0.05) is 7.16 Å². The van der Waals surface area contributed by atoms with Crippen molar-refractivity contribution < 1.29 is 9.47 Å². The van der Waals surface area contributed by atoms with Crippen molar-refractivity contribution in [1.82, 2.24) is 0 Å². The molecule has 1 fully saturated rings. The summed E-state index contributed by atoms with van der Waals surface area (Å²) in [5.74, 6) is 0.335. The van der Waals surface area contributed by atoms with E-state index < -0.39 is 0 Å². The van der Waals surface area contributed by atoms with E-state index in [2.05, 4.69) is 57.3 Å². The van der Waals surface area contributed by atoms with Gasteiger partial charge in [0.1, 0.15) is 0 Å². The van der Waals surface area contributed by atoms with Crippen LogP contribution in [0.2, 0.25) is 0 Å². The van der Waals surface area contributed by atoms with Crippen LogP contribution in [0.5, 0.6) is 0 Å². The first-order valence-electron chi connectivity index (χ1n) is 4.25. The number of allylic oxidation sites excluding steroid dienone is 2. The van der Waals surface area contributed by atoms with Crippen LogP contribution in [0.3, 0.4) is 0 Å². The summed E-state index contributed by atoms with van der Waals surface area (Å²) in [7, 11) is 0. The highest BCUT2D eigenvalue weighted by molar-refractivity contribution is 14.1. The lowest BCUT2D eigenvalue weighted by molar-refractivity contribution is -0.189. The van der Waals surface area contributed by atoms with Gasteiger partial charge in [0.25, 0.3) is 0 Å². The van der Waals surface area contributed by atoms with Crippen LogP contribution >= 0.6 is 45.2 Å². The molecule has 2 nitrogen and oxygen atoms in total. The zero-order valence-corrected chi connectivity index (χ0v) is 11.3. The number of hydrogen-bond donors (Lipinski definition) is 0. The van der Waals surface area contributed by atoms with Crippen molar-refractivity contribution in [1.29, 1.82) is 0 Å². The molecule has 0 saturated carbocycles. The minimum atomic E-state index is -0.0532. The molecule has 0 bridgehead atoms. The molecule has 0 N–H and O–H groups in total. The van der Waals surface area contributed by atoms with Gasteiger partial charge in [-0.3, -0.25) is 0 Å². The summed E-state index contributed by atoms with van der Waals surface area (Å²) >= 11 is 4.71. The van der Waals surface area contributed by atoms with Gasteiger partial charge in [0.05, 0.1) is 19.1 Å². The molecule has 0 atom stereocenters. The molecule has 0 amide bonds. The predicted octanol–water partition coefficient (Wildman–Crippen LogP) is 3.02. The summed E-state index contributed by atoms with van der Waals surface area (Å²) in [6.07, 6.45) is 5.23. The topological polar surface area (TPSA) is 18.5 Å². The number of halogens is 2. The van der Waals surface area contributed by atoms with Crippen LogP contribution < -0.4 is 0 Å². The van der Waals surface area contributed by atoms with Crippen molar-refractivity contribution in [3.63, 3.8) is 0 Å². The van der Waals surface area contributed by atoms with E-state index in [9.17, 15) is 0 Å². The molecule has 2 rings (SSSR count). The first kappa shape index (κ1) is 10.4. The van der Waals surface area contributed by atoms with Crippen molar-refractivity contribution in [3.05, 3.63) is 19.3 Å². The first-order valence-corrected chi connectivity index (χ1v) is 6.41. The molecule has 13 heavy (non-hydrogen) atoms. The Hall–Kier alpha value is 0.860. The third kappa shape index (κ3) is 2.27. The molecule has 1 aliphatic heterocycles. The molecule has 1 heterocycles. The Balaban J connectivity index is 2.06. The van der Waals surface area contributed by atoms with Crippen LogP contribution in [0.1, 0.15) is 6.42 Å². The summed E-state index contributed by atoms with van der Waals surface area (Å²) in [6.45, 7) is 1.66. The predicted molar refractivity (Wildman–Crippen MR) is 68.0 cm³/mol. The fourth-order valence-electron chi connectivity index (χ4n) is 1.46. The largest absolute Gasteiger partial charge is 0.352 e. The molecule has 0 aromatic carbocycles. The lowest BCUT2D eigenvalue weighted by Gasteiger charge is -2.28. The molecule has 0 spiro atoms. The quantitative estimate of drug-likeness (QED) is 0.626. The lowest BCUT2D eigenvalue weighted by Crippen LogP contribution is -2.31. The molecule has 0 unspecified atom stereocenters. The van der Waals surface area contributed by atoms with E-state index in [0.29, 0.717) is 5.92 Å². The minimum Gasteiger partial charge on any atom is -0.352 e. The Bertz CT molecular complexity index is 236.